The molecular formula is C18H26ClN3O4. The third kappa shape index (κ3) is 6.48. The van der Waals surface area contributed by atoms with E-state index in [1.807, 2.05) is 0 Å². The molecule has 144 valence electrons. The summed E-state index contributed by atoms with van der Waals surface area (Å²) in [5.74, 6) is 0.359. The van der Waals surface area contributed by atoms with Gasteiger partial charge in [0.1, 0.15) is 5.75 Å². The molecule has 1 N–H and O–H groups in total. The highest BCUT2D eigenvalue weighted by Gasteiger charge is 2.15. The molecule has 1 saturated heterocycles. The van der Waals surface area contributed by atoms with Crippen LogP contribution in [0.25, 0.3) is 0 Å². The van der Waals surface area contributed by atoms with Crippen LogP contribution in [-0.4, -0.2) is 74.7 Å². The Bertz CT molecular complexity index is 620. The highest BCUT2D eigenvalue weighted by Crippen LogP contribution is 2.27. The number of carbonyl (C=O) groups is 2. The molecule has 2 amide bonds. The number of hydrogen-bond acceptors (Lipinski definition) is 5. The number of rotatable bonds is 8. The second-order valence-electron chi connectivity index (χ2n) is 6.11. The standard InChI is InChI=1S/C18H26ClN3O4/c1-14(23)22(8-7-21-9-11-26-12-10-21)6-5-18(24)20-15-3-4-17(25-2)16(19)13-15/h3-4,13H,5-12H2,1-2H3,(H,20,24). The molecule has 1 aliphatic heterocycles. The Balaban J connectivity index is 1.79. The van der Waals surface area contributed by atoms with Gasteiger partial charge in [0.05, 0.1) is 25.3 Å². The fourth-order valence-corrected chi connectivity index (χ4v) is 2.98. The van der Waals surface area contributed by atoms with Crippen LogP contribution in [0.15, 0.2) is 18.2 Å². The number of hydrogen-bond donors (Lipinski definition) is 1. The zero-order valence-corrected chi connectivity index (χ0v) is 16.1. The number of anilines is 1. The topological polar surface area (TPSA) is 71.1 Å². The van der Waals surface area contributed by atoms with Crippen LogP contribution >= 0.6 is 11.6 Å². The molecule has 8 heteroatoms. The van der Waals surface area contributed by atoms with Gasteiger partial charge in [-0.2, -0.15) is 0 Å². The molecule has 0 unspecified atom stereocenters. The third-order valence-corrected chi connectivity index (χ3v) is 4.57. The van der Waals surface area contributed by atoms with Gasteiger partial charge in [-0.25, -0.2) is 0 Å². The molecule has 0 aromatic heterocycles. The number of carbonyl (C=O) groups excluding carboxylic acids is 2. The fourth-order valence-electron chi connectivity index (χ4n) is 2.72. The van der Waals surface area contributed by atoms with Crippen molar-refractivity contribution in [1.29, 1.82) is 0 Å². The lowest BCUT2D eigenvalue weighted by Crippen LogP contribution is -2.43. The molecule has 7 nitrogen and oxygen atoms in total. The molecule has 1 aliphatic rings. The van der Waals surface area contributed by atoms with Crippen LogP contribution in [0.1, 0.15) is 13.3 Å². The predicted octanol–water partition coefficient (Wildman–Crippen LogP) is 1.86. The average Bonchev–Trinajstić information content (AvgIpc) is 2.62. The molecule has 26 heavy (non-hydrogen) atoms. The number of halogens is 1. The smallest absolute Gasteiger partial charge is 0.226 e. The minimum Gasteiger partial charge on any atom is -0.495 e. The van der Waals surface area contributed by atoms with Gasteiger partial charge in [-0.05, 0) is 18.2 Å². The van der Waals surface area contributed by atoms with Crippen molar-refractivity contribution in [3.63, 3.8) is 0 Å². The van der Waals surface area contributed by atoms with Crippen molar-refractivity contribution >= 4 is 29.1 Å². The molecular weight excluding hydrogens is 358 g/mol. The van der Waals surface area contributed by atoms with E-state index in [1.165, 1.54) is 14.0 Å². The van der Waals surface area contributed by atoms with E-state index >= 15 is 0 Å². The molecule has 0 bridgehead atoms. The van der Waals surface area contributed by atoms with E-state index in [2.05, 4.69) is 10.2 Å². The molecule has 0 aliphatic carbocycles. The van der Waals surface area contributed by atoms with E-state index in [-0.39, 0.29) is 18.2 Å². The molecule has 2 rings (SSSR count). The molecule has 0 spiro atoms. The molecule has 1 heterocycles. The van der Waals surface area contributed by atoms with Gasteiger partial charge >= 0.3 is 0 Å². The minimum absolute atomic E-state index is 0.0291. The van der Waals surface area contributed by atoms with Gasteiger partial charge in [0.15, 0.2) is 0 Å². The first-order chi connectivity index (χ1) is 12.5. The number of benzene rings is 1. The maximum atomic E-state index is 12.2. The number of morpholine rings is 1. The molecule has 0 radical (unpaired) electrons. The van der Waals surface area contributed by atoms with Crippen LogP contribution < -0.4 is 10.1 Å². The summed E-state index contributed by atoms with van der Waals surface area (Å²) in [4.78, 5) is 28.0. The molecule has 1 fully saturated rings. The highest BCUT2D eigenvalue weighted by atomic mass is 35.5. The van der Waals surface area contributed by atoms with Gasteiger partial charge in [-0.1, -0.05) is 11.6 Å². The first kappa shape index (κ1) is 20.5. The van der Waals surface area contributed by atoms with Crippen molar-refractivity contribution in [3.05, 3.63) is 23.2 Å². The van der Waals surface area contributed by atoms with E-state index in [0.717, 1.165) is 32.8 Å². The third-order valence-electron chi connectivity index (χ3n) is 4.28. The minimum atomic E-state index is -0.163. The normalized spacial score (nSPS) is 14.7. The monoisotopic (exact) mass is 383 g/mol. The fraction of sp³-hybridized carbons (Fsp3) is 0.556. The lowest BCUT2D eigenvalue weighted by Gasteiger charge is -2.29. The lowest BCUT2D eigenvalue weighted by molar-refractivity contribution is -0.129. The number of nitrogens with one attached hydrogen (secondary N) is 1. The van der Waals surface area contributed by atoms with E-state index in [4.69, 9.17) is 21.1 Å². The van der Waals surface area contributed by atoms with Gasteiger partial charge in [0.2, 0.25) is 11.8 Å². The summed E-state index contributed by atoms with van der Waals surface area (Å²) in [5, 5.41) is 3.22. The van der Waals surface area contributed by atoms with E-state index in [0.29, 0.717) is 29.5 Å². The Morgan fingerprint density at radius 1 is 1.31 bits per heavy atom. The van der Waals surface area contributed by atoms with Crippen molar-refractivity contribution in [2.24, 2.45) is 0 Å². The van der Waals surface area contributed by atoms with Crippen LogP contribution in [-0.2, 0) is 14.3 Å². The highest BCUT2D eigenvalue weighted by molar-refractivity contribution is 6.32. The number of nitrogens with zero attached hydrogens (tertiary/aromatic N) is 2. The van der Waals surface area contributed by atoms with Crippen LogP contribution in [0.4, 0.5) is 5.69 Å². The Kier molecular flexibility index (Phi) is 8.15. The van der Waals surface area contributed by atoms with Gasteiger partial charge in [-0.15, -0.1) is 0 Å². The molecule has 0 atom stereocenters. The zero-order valence-electron chi connectivity index (χ0n) is 15.3. The number of amides is 2. The molecule has 1 aromatic rings. The summed E-state index contributed by atoms with van der Waals surface area (Å²) in [6.07, 6.45) is 0.229. The Morgan fingerprint density at radius 3 is 2.65 bits per heavy atom. The van der Waals surface area contributed by atoms with E-state index in [1.54, 1.807) is 23.1 Å². The summed E-state index contributed by atoms with van der Waals surface area (Å²) in [5.41, 5.74) is 0.600. The summed E-state index contributed by atoms with van der Waals surface area (Å²) in [6.45, 7) is 6.53. The van der Waals surface area contributed by atoms with Crippen molar-refractivity contribution < 1.29 is 19.1 Å². The van der Waals surface area contributed by atoms with Gasteiger partial charge in [0, 0.05) is 51.8 Å². The van der Waals surface area contributed by atoms with Crippen molar-refractivity contribution in [1.82, 2.24) is 9.80 Å². The Hall–Kier alpha value is -1.83. The Morgan fingerprint density at radius 2 is 2.04 bits per heavy atom. The van der Waals surface area contributed by atoms with Crippen molar-refractivity contribution in [2.75, 3.05) is 58.4 Å². The number of ether oxygens (including phenoxy) is 2. The Labute approximate surface area is 159 Å². The van der Waals surface area contributed by atoms with E-state index < -0.39 is 0 Å². The van der Waals surface area contributed by atoms with Gasteiger partial charge < -0.3 is 19.7 Å². The largest absolute Gasteiger partial charge is 0.495 e. The maximum Gasteiger partial charge on any atom is 0.226 e. The SMILES string of the molecule is COc1ccc(NC(=O)CCN(CCN2CCOCC2)C(C)=O)cc1Cl. The van der Waals surface area contributed by atoms with Crippen LogP contribution in [0.3, 0.4) is 0 Å². The molecule has 1 aromatic carbocycles. The van der Waals surface area contributed by atoms with Crippen LogP contribution in [0.2, 0.25) is 5.02 Å². The summed E-state index contributed by atoms with van der Waals surface area (Å²) in [7, 11) is 1.53. The first-order valence-corrected chi connectivity index (χ1v) is 9.06. The van der Waals surface area contributed by atoms with Gasteiger partial charge in [0.25, 0.3) is 0 Å². The summed E-state index contributed by atoms with van der Waals surface area (Å²) in [6, 6.07) is 5.06. The van der Waals surface area contributed by atoms with Crippen LogP contribution in [0.5, 0.6) is 5.75 Å². The van der Waals surface area contributed by atoms with Crippen molar-refractivity contribution in [2.45, 2.75) is 13.3 Å². The lowest BCUT2D eigenvalue weighted by atomic mass is 10.2. The predicted molar refractivity (Wildman–Crippen MR) is 101 cm³/mol. The van der Waals surface area contributed by atoms with Crippen molar-refractivity contribution in [3.8, 4) is 5.75 Å². The second-order valence-corrected chi connectivity index (χ2v) is 6.51. The first-order valence-electron chi connectivity index (χ1n) is 8.68. The maximum absolute atomic E-state index is 12.2. The zero-order chi connectivity index (χ0) is 18.9. The van der Waals surface area contributed by atoms with Gasteiger partial charge in [-0.3, -0.25) is 14.5 Å². The quantitative estimate of drug-likeness (QED) is 0.742. The summed E-state index contributed by atoms with van der Waals surface area (Å²) < 4.78 is 10.4. The number of methoxy groups -OCH3 is 1. The second kappa shape index (κ2) is 10.4. The summed E-state index contributed by atoms with van der Waals surface area (Å²) >= 11 is 6.05. The molecule has 0 saturated carbocycles. The average molecular weight is 384 g/mol. The van der Waals surface area contributed by atoms with Crippen LogP contribution in [0, 0.1) is 0 Å². The van der Waals surface area contributed by atoms with E-state index in [9.17, 15) is 9.59 Å².